The number of hydrogen-bond acceptors (Lipinski definition) is 4. The molecule has 0 saturated heterocycles. The van der Waals surface area contributed by atoms with Crippen LogP contribution >= 0.6 is 0 Å². The zero-order valence-corrected chi connectivity index (χ0v) is 13.7. The Morgan fingerprint density at radius 3 is 2.19 bits per heavy atom. The third kappa shape index (κ3) is 2.71. The van der Waals surface area contributed by atoms with E-state index in [-0.39, 0.29) is 28.2 Å². The first-order valence-corrected chi connectivity index (χ1v) is 7.86. The summed E-state index contributed by atoms with van der Waals surface area (Å²) in [5, 5.41) is 0.219. The first-order valence-electron chi connectivity index (χ1n) is 7.86. The number of nitrogens with zero attached hydrogens (tertiary/aromatic N) is 3. The highest BCUT2D eigenvalue weighted by atomic mass is 19.1. The molecule has 0 bridgehead atoms. The van der Waals surface area contributed by atoms with Crippen molar-refractivity contribution in [2.75, 3.05) is 5.73 Å². The van der Waals surface area contributed by atoms with Crippen molar-refractivity contribution in [2.45, 2.75) is 0 Å². The number of rotatable bonds is 2. The molecule has 0 aliphatic heterocycles. The van der Waals surface area contributed by atoms with E-state index < -0.39 is 28.7 Å². The number of nitrogen functional groups attached to an aromatic ring is 1. The van der Waals surface area contributed by atoms with Crippen LogP contribution < -0.4 is 11.3 Å². The topological polar surface area (TPSA) is 73.8 Å². The average molecular weight is 368 g/mol. The quantitative estimate of drug-likeness (QED) is 0.588. The van der Waals surface area contributed by atoms with Gasteiger partial charge in [0.25, 0.3) is 5.56 Å². The van der Waals surface area contributed by atoms with E-state index in [2.05, 4.69) is 9.97 Å². The normalized spacial score (nSPS) is 11.1. The predicted molar refractivity (Wildman–Crippen MR) is 94.9 cm³/mol. The van der Waals surface area contributed by atoms with Crippen molar-refractivity contribution >= 4 is 17.0 Å². The first kappa shape index (κ1) is 16.8. The largest absolute Gasteiger partial charge is 0.368 e. The summed E-state index contributed by atoms with van der Waals surface area (Å²) in [7, 11) is 0. The summed E-state index contributed by atoms with van der Waals surface area (Å²) in [4.78, 5) is 20.5. The Balaban J connectivity index is 2.16. The zero-order valence-electron chi connectivity index (χ0n) is 13.7. The highest BCUT2D eigenvalue weighted by molar-refractivity contribution is 5.92. The maximum atomic E-state index is 14.3. The van der Waals surface area contributed by atoms with Crippen LogP contribution in [0.1, 0.15) is 0 Å². The number of halogens is 3. The molecule has 0 aliphatic carbocycles. The lowest BCUT2D eigenvalue weighted by Gasteiger charge is -2.14. The van der Waals surface area contributed by atoms with Crippen molar-refractivity contribution in [2.24, 2.45) is 0 Å². The number of benzene rings is 2. The Bertz CT molecular complexity index is 1230. The van der Waals surface area contributed by atoms with Crippen LogP contribution in [-0.2, 0) is 0 Å². The fraction of sp³-hybridized carbons (Fsp3) is 0. The van der Waals surface area contributed by atoms with Gasteiger partial charge in [-0.25, -0.2) is 18.2 Å². The molecule has 0 unspecified atom stereocenters. The van der Waals surface area contributed by atoms with Crippen LogP contribution in [0.15, 0.2) is 59.4 Å². The van der Waals surface area contributed by atoms with Crippen LogP contribution in [-0.4, -0.2) is 14.5 Å². The molecule has 2 N–H and O–H groups in total. The smallest absolute Gasteiger partial charge is 0.256 e. The van der Waals surface area contributed by atoms with Crippen LogP contribution in [0, 0.1) is 17.5 Å². The van der Waals surface area contributed by atoms with Gasteiger partial charge in [-0.15, -0.1) is 0 Å². The van der Waals surface area contributed by atoms with Crippen molar-refractivity contribution < 1.29 is 13.2 Å². The molecule has 0 radical (unpaired) electrons. The Morgan fingerprint density at radius 2 is 1.48 bits per heavy atom. The van der Waals surface area contributed by atoms with E-state index in [1.165, 1.54) is 30.3 Å². The van der Waals surface area contributed by atoms with Gasteiger partial charge in [0.2, 0.25) is 5.95 Å². The van der Waals surface area contributed by atoms with E-state index in [0.29, 0.717) is 0 Å². The number of para-hydroxylation sites is 1. The monoisotopic (exact) mass is 368 g/mol. The van der Waals surface area contributed by atoms with Gasteiger partial charge in [-0.1, -0.05) is 18.2 Å². The van der Waals surface area contributed by atoms with Gasteiger partial charge in [-0.2, -0.15) is 4.98 Å². The molecule has 2 heterocycles. The second-order valence-electron chi connectivity index (χ2n) is 5.72. The maximum absolute atomic E-state index is 14.3. The third-order valence-electron chi connectivity index (χ3n) is 4.06. The van der Waals surface area contributed by atoms with Crippen LogP contribution in [0.5, 0.6) is 0 Å². The summed E-state index contributed by atoms with van der Waals surface area (Å²) in [6, 6.07) is 11.5. The minimum Gasteiger partial charge on any atom is -0.368 e. The molecule has 5 nitrogen and oxygen atoms in total. The molecule has 0 saturated carbocycles. The summed E-state index contributed by atoms with van der Waals surface area (Å²) in [6.45, 7) is 0. The van der Waals surface area contributed by atoms with E-state index in [9.17, 15) is 18.0 Å². The number of fused-ring (bicyclic) bond motifs is 1. The number of aromatic nitrogens is 3. The van der Waals surface area contributed by atoms with Gasteiger partial charge >= 0.3 is 0 Å². The van der Waals surface area contributed by atoms with Crippen LogP contribution in [0.2, 0.25) is 0 Å². The maximum Gasteiger partial charge on any atom is 0.256 e. The zero-order chi connectivity index (χ0) is 19.1. The van der Waals surface area contributed by atoms with Gasteiger partial charge in [-0.05, 0) is 30.3 Å². The van der Waals surface area contributed by atoms with Crippen molar-refractivity contribution in [3.63, 3.8) is 0 Å². The lowest BCUT2D eigenvalue weighted by Crippen LogP contribution is -2.21. The minimum absolute atomic E-state index is 0.112. The first-order chi connectivity index (χ1) is 13.0. The summed E-state index contributed by atoms with van der Waals surface area (Å²) >= 11 is 0. The Hall–Kier alpha value is -3.68. The van der Waals surface area contributed by atoms with Crippen molar-refractivity contribution in [1.82, 2.24) is 14.5 Å². The third-order valence-corrected chi connectivity index (χ3v) is 4.06. The number of anilines is 1. The molecule has 2 aromatic heterocycles. The number of nitrogens with two attached hydrogens (primary N) is 1. The molecule has 4 aromatic rings. The Kier molecular flexibility index (Phi) is 3.88. The highest BCUT2D eigenvalue weighted by Gasteiger charge is 2.19. The molecule has 2 aromatic carbocycles. The van der Waals surface area contributed by atoms with E-state index in [4.69, 9.17) is 5.73 Å². The lowest BCUT2D eigenvalue weighted by molar-refractivity contribution is 0.568. The Morgan fingerprint density at radius 1 is 0.815 bits per heavy atom. The van der Waals surface area contributed by atoms with E-state index in [1.54, 1.807) is 6.07 Å². The summed E-state index contributed by atoms with van der Waals surface area (Å²) in [5.74, 6) is -2.73. The predicted octanol–water partition coefficient (Wildman–Crippen LogP) is 3.45. The molecule has 0 atom stereocenters. The number of hydrogen-bond donors (Lipinski definition) is 1. The molecule has 0 fully saturated rings. The second kappa shape index (κ2) is 6.24. The summed E-state index contributed by atoms with van der Waals surface area (Å²) < 4.78 is 43.6. The van der Waals surface area contributed by atoms with Gasteiger partial charge in [-0.3, -0.25) is 9.36 Å². The van der Waals surface area contributed by atoms with Crippen LogP contribution in [0.25, 0.3) is 28.0 Å². The molecule has 4 rings (SSSR count). The number of pyridine rings is 1. The van der Waals surface area contributed by atoms with Gasteiger partial charge < -0.3 is 5.73 Å². The fourth-order valence-corrected chi connectivity index (χ4v) is 2.91. The Labute approximate surface area is 150 Å². The summed E-state index contributed by atoms with van der Waals surface area (Å²) in [6.07, 6.45) is 0. The standard InChI is InChI=1S/C19H11F3N4O/c20-12-5-2-1-4-10(12)16-11-8-9-15(27)26(18(11)25-19(23)24-16)17-13(21)6-3-7-14(17)22/h1-9H,(H2,23,24,25). The molecule has 8 heteroatoms. The highest BCUT2D eigenvalue weighted by Crippen LogP contribution is 2.29. The van der Waals surface area contributed by atoms with Crippen molar-refractivity contribution in [3.8, 4) is 16.9 Å². The van der Waals surface area contributed by atoms with E-state index >= 15 is 0 Å². The molecule has 27 heavy (non-hydrogen) atoms. The van der Waals surface area contributed by atoms with E-state index in [1.807, 2.05) is 0 Å². The van der Waals surface area contributed by atoms with Gasteiger partial charge in [0.15, 0.2) is 5.65 Å². The molecule has 0 aliphatic rings. The van der Waals surface area contributed by atoms with Gasteiger partial charge in [0, 0.05) is 17.0 Å². The minimum atomic E-state index is -0.950. The van der Waals surface area contributed by atoms with Crippen molar-refractivity contribution in [3.05, 3.63) is 82.4 Å². The molecular formula is C19H11F3N4O. The lowest BCUT2D eigenvalue weighted by atomic mass is 10.1. The molecule has 134 valence electrons. The SMILES string of the molecule is Nc1nc(-c2ccccc2F)c2ccc(=O)n(-c3c(F)cccc3F)c2n1. The van der Waals surface area contributed by atoms with E-state index in [0.717, 1.165) is 22.8 Å². The van der Waals surface area contributed by atoms with Crippen LogP contribution in [0.4, 0.5) is 19.1 Å². The fourth-order valence-electron chi connectivity index (χ4n) is 2.91. The summed E-state index contributed by atoms with van der Waals surface area (Å²) in [5.41, 5.74) is 4.53. The molecular weight excluding hydrogens is 357 g/mol. The molecule has 0 amide bonds. The van der Waals surface area contributed by atoms with Crippen LogP contribution in [0.3, 0.4) is 0 Å². The van der Waals surface area contributed by atoms with Gasteiger partial charge in [0.1, 0.15) is 23.1 Å². The van der Waals surface area contributed by atoms with Crippen molar-refractivity contribution in [1.29, 1.82) is 0 Å². The molecule has 0 spiro atoms. The average Bonchev–Trinajstić information content (AvgIpc) is 2.63. The van der Waals surface area contributed by atoms with Gasteiger partial charge in [0.05, 0.1) is 5.69 Å². The second-order valence-corrected chi connectivity index (χ2v) is 5.72.